The number of hydrogen-bond acceptors (Lipinski definition) is 4. The summed E-state index contributed by atoms with van der Waals surface area (Å²) in [5.74, 6) is 1.33. The SMILES string of the molecule is CCOc1ccc2[nH]c(-c3ccc(N)c(Br)c3)nc2n1. The highest BCUT2D eigenvalue weighted by Crippen LogP contribution is 2.27. The van der Waals surface area contributed by atoms with Crippen LogP contribution in [-0.2, 0) is 0 Å². The van der Waals surface area contributed by atoms with Gasteiger partial charge in [0.15, 0.2) is 5.65 Å². The maximum atomic E-state index is 5.79. The van der Waals surface area contributed by atoms with Gasteiger partial charge in [-0.15, -0.1) is 0 Å². The zero-order valence-electron chi connectivity index (χ0n) is 10.9. The Bertz CT molecular complexity index is 769. The van der Waals surface area contributed by atoms with Crippen LogP contribution in [0.2, 0.25) is 0 Å². The van der Waals surface area contributed by atoms with Crippen LogP contribution in [0.15, 0.2) is 34.8 Å². The van der Waals surface area contributed by atoms with Gasteiger partial charge in [0.05, 0.1) is 12.1 Å². The fourth-order valence-corrected chi connectivity index (χ4v) is 2.29. The van der Waals surface area contributed by atoms with Gasteiger partial charge in [-0.1, -0.05) is 0 Å². The molecule has 6 heteroatoms. The Hall–Kier alpha value is -2.08. The van der Waals surface area contributed by atoms with Crippen LogP contribution < -0.4 is 10.5 Å². The zero-order chi connectivity index (χ0) is 14.1. The van der Waals surface area contributed by atoms with Crippen molar-refractivity contribution in [1.29, 1.82) is 0 Å². The molecule has 2 heterocycles. The first kappa shape index (κ1) is 12.9. The van der Waals surface area contributed by atoms with Crippen molar-refractivity contribution >= 4 is 32.8 Å². The van der Waals surface area contributed by atoms with Gasteiger partial charge in [-0.2, -0.15) is 4.98 Å². The van der Waals surface area contributed by atoms with E-state index >= 15 is 0 Å². The second-order valence-corrected chi connectivity index (χ2v) is 5.13. The fraction of sp³-hybridized carbons (Fsp3) is 0.143. The third kappa shape index (κ3) is 2.34. The van der Waals surface area contributed by atoms with Crippen LogP contribution in [0.25, 0.3) is 22.6 Å². The summed E-state index contributed by atoms with van der Waals surface area (Å²) in [7, 11) is 0. The van der Waals surface area contributed by atoms with Gasteiger partial charge in [-0.25, -0.2) is 4.98 Å². The van der Waals surface area contributed by atoms with Crippen molar-refractivity contribution < 1.29 is 4.74 Å². The van der Waals surface area contributed by atoms with Crippen molar-refractivity contribution in [2.24, 2.45) is 0 Å². The first-order valence-corrected chi connectivity index (χ1v) is 7.01. The number of aromatic amines is 1. The molecule has 0 fully saturated rings. The Morgan fingerprint density at radius 1 is 1.25 bits per heavy atom. The average molecular weight is 333 g/mol. The lowest BCUT2D eigenvalue weighted by Gasteiger charge is -2.00. The molecule has 1 aromatic carbocycles. The number of hydrogen-bond donors (Lipinski definition) is 2. The monoisotopic (exact) mass is 332 g/mol. The number of aromatic nitrogens is 3. The van der Waals surface area contributed by atoms with Crippen molar-refractivity contribution in [2.75, 3.05) is 12.3 Å². The van der Waals surface area contributed by atoms with E-state index in [2.05, 4.69) is 30.9 Å². The van der Waals surface area contributed by atoms with Gasteiger partial charge in [0, 0.05) is 21.8 Å². The van der Waals surface area contributed by atoms with Crippen LogP contribution in [0.4, 0.5) is 5.69 Å². The number of rotatable bonds is 3. The predicted octanol–water partition coefficient (Wildman–Crippen LogP) is 3.37. The minimum atomic E-state index is 0.580. The molecular weight excluding hydrogens is 320 g/mol. The molecule has 20 heavy (non-hydrogen) atoms. The molecule has 3 aromatic rings. The lowest BCUT2D eigenvalue weighted by atomic mass is 10.2. The topological polar surface area (TPSA) is 76.8 Å². The van der Waals surface area contributed by atoms with Gasteiger partial charge in [0.25, 0.3) is 0 Å². The average Bonchev–Trinajstić information content (AvgIpc) is 2.85. The van der Waals surface area contributed by atoms with E-state index in [1.807, 2.05) is 37.3 Å². The first-order valence-electron chi connectivity index (χ1n) is 6.22. The van der Waals surface area contributed by atoms with E-state index in [1.54, 1.807) is 0 Å². The molecule has 0 saturated heterocycles. The summed E-state index contributed by atoms with van der Waals surface area (Å²) in [6.45, 7) is 2.51. The molecule has 5 nitrogen and oxygen atoms in total. The third-order valence-corrected chi connectivity index (χ3v) is 3.57. The fourth-order valence-electron chi connectivity index (χ4n) is 1.91. The summed E-state index contributed by atoms with van der Waals surface area (Å²) in [5.41, 5.74) is 8.94. The van der Waals surface area contributed by atoms with Crippen molar-refractivity contribution in [3.05, 3.63) is 34.8 Å². The summed E-state index contributed by atoms with van der Waals surface area (Å²) in [4.78, 5) is 12.1. The van der Waals surface area contributed by atoms with Crippen LogP contribution in [0.1, 0.15) is 6.92 Å². The molecule has 0 atom stereocenters. The number of H-pyrrole nitrogens is 1. The number of nitrogens with zero attached hydrogens (tertiary/aromatic N) is 2. The maximum absolute atomic E-state index is 5.79. The molecule has 0 saturated carbocycles. The van der Waals surface area contributed by atoms with E-state index in [9.17, 15) is 0 Å². The predicted molar refractivity (Wildman–Crippen MR) is 82.6 cm³/mol. The van der Waals surface area contributed by atoms with Crippen LogP contribution in [0, 0.1) is 0 Å². The van der Waals surface area contributed by atoms with Crippen molar-refractivity contribution in [1.82, 2.24) is 15.0 Å². The van der Waals surface area contributed by atoms with E-state index < -0.39 is 0 Å². The molecule has 0 radical (unpaired) electrons. The van der Waals surface area contributed by atoms with Gasteiger partial charge in [0.1, 0.15) is 5.82 Å². The summed E-state index contributed by atoms with van der Waals surface area (Å²) in [6.07, 6.45) is 0. The third-order valence-electron chi connectivity index (χ3n) is 2.89. The standard InChI is InChI=1S/C14H13BrN4O/c1-2-20-12-6-5-11-14(18-12)19-13(17-11)8-3-4-10(16)9(15)7-8/h3-7H,2,16H2,1H3,(H,17,18,19). The number of benzene rings is 1. The molecule has 0 bridgehead atoms. The number of ether oxygens (including phenoxy) is 1. The summed E-state index contributed by atoms with van der Waals surface area (Å²) < 4.78 is 6.22. The molecule has 0 aliphatic carbocycles. The van der Waals surface area contributed by atoms with Gasteiger partial charge >= 0.3 is 0 Å². The largest absolute Gasteiger partial charge is 0.478 e. The van der Waals surface area contributed by atoms with Crippen LogP contribution in [0.5, 0.6) is 5.88 Å². The smallest absolute Gasteiger partial charge is 0.215 e. The molecule has 102 valence electrons. The van der Waals surface area contributed by atoms with E-state index in [1.165, 1.54) is 0 Å². The Morgan fingerprint density at radius 3 is 2.85 bits per heavy atom. The Morgan fingerprint density at radius 2 is 2.10 bits per heavy atom. The highest BCUT2D eigenvalue weighted by atomic mass is 79.9. The number of nitrogens with two attached hydrogens (primary N) is 1. The molecule has 3 N–H and O–H groups in total. The molecule has 0 aliphatic heterocycles. The second-order valence-electron chi connectivity index (χ2n) is 4.28. The summed E-state index contributed by atoms with van der Waals surface area (Å²) in [6, 6.07) is 9.42. The highest BCUT2D eigenvalue weighted by Gasteiger charge is 2.08. The lowest BCUT2D eigenvalue weighted by molar-refractivity contribution is 0.328. The molecule has 0 amide bonds. The quantitative estimate of drug-likeness (QED) is 0.721. The second kappa shape index (κ2) is 5.13. The Kier molecular flexibility index (Phi) is 3.31. The highest BCUT2D eigenvalue weighted by molar-refractivity contribution is 9.10. The minimum Gasteiger partial charge on any atom is -0.478 e. The molecular formula is C14H13BrN4O. The maximum Gasteiger partial charge on any atom is 0.215 e. The van der Waals surface area contributed by atoms with E-state index in [0.29, 0.717) is 23.8 Å². The molecule has 0 spiro atoms. The Labute approximate surface area is 124 Å². The molecule has 0 aliphatic rings. The number of nitrogens with one attached hydrogen (secondary N) is 1. The summed E-state index contributed by atoms with van der Waals surface area (Å²) in [5, 5.41) is 0. The van der Waals surface area contributed by atoms with Gasteiger partial charge < -0.3 is 15.5 Å². The van der Waals surface area contributed by atoms with E-state index in [4.69, 9.17) is 10.5 Å². The Balaban J connectivity index is 2.05. The number of halogens is 1. The normalized spacial score (nSPS) is 10.9. The van der Waals surface area contributed by atoms with Gasteiger partial charge in [-0.3, -0.25) is 0 Å². The number of fused-ring (bicyclic) bond motifs is 1. The minimum absolute atomic E-state index is 0.580. The van der Waals surface area contributed by atoms with Crippen molar-refractivity contribution in [3.8, 4) is 17.3 Å². The number of imidazole rings is 1. The van der Waals surface area contributed by atoms with E-state index in [0.717, 1.165) is 21.4 Å². The first-order chi connectivity index (χ1) is 9.67. The van der Waals surface area contributed by atoms with E-state index in [-0.39, 0.29) is 0 Å². The van der Waals surface area contributed by atoms with Crippen LogP contribution in [0.3, 0.4) is 0 Å². The van der Waals surface area contributed by atoms with Crippen molar-refractivity contribution in [2.45, 2.75) is 6.92 Å². The molecule has 2 aromatic heterocycles. The lowest BCUT2D eigenvalue weighted by Crippen LogP contribution is -1.93. The van der Waals surface area contributed by atoms with Gasteiger partial charge in [0.2, 0.25) is 5.88 Å². The zero-order valence-corrected chi connectivity index (χ0v) is 12.4. The van der Waals surface area contributed by atoms with Gasteiger partial charge in [-0.05, 0) is 47.1 Å². The number of pyridine rings is 1. The van der Waals surface area contributed by atoms with Crippen LogP contribution >= 0.6 is 15.9 Å². The molecule has 0 unspecified atom stereocenters. The number of anilines is 1. The van der Waals surface area contributed by atoms with Crippen LogP contribution in [-0.4, -0.2) is 21.6 Å². The molecule has 3 rings (SSSR count). The number of nitrogen functional groups attached to an aromatic ring is 1. The summed E-state index contributed by atoms with van der Waals surface area (Å²) >= 11 is 3.42. The van der Waals surface area contributed by atoms with Crippen molar-refractivity contribution in [3.63, 3.8) is 0 Å².